The summed E-state index contributed by atoms with van der Waals surface area (Å²) in [4.78, 5) is 21.4. The van der Waals surface area contributed by atoms with Gasteiger partial charge in [-0.3, -0.25) is 14.7 Å². The van der Waals surface area contributed by atoms with Gasteiger partial charge in [0, 0.05) is 45.0 Å². The number of ether oxygens (including phenoxy) is 1. The average molecular weight is 402 g/mol. The summed E-state index contributed by atoms with van der Waals surface area (Å²) in [5, 5.41) is 6.62. The Balaban J connectivity index is 1.50. The third-order valence-electron chi connectivity index (χ3n) is 5.63. The fourth-order valence-electron chi connectivity index (χ4n) is 4.14. The van der Waals surface area contributed by atoms with E-state index in [0.717, 1.165) is 57.9 Å². The van der Waals surface area contributed by atoms with Gasteiger partial charge < -0.3 is 20.3 Å². The second-order valence-electron chi connectivity index (χ2n) is 8.16. The Bertz CT molecular complexity index is 700. The molecule has 2 aliphatic heterocycles. The van der Waals surface area contributed by atoms with Gasteiger partial charge in [-0.25, -0.2) is 0 Å². The number of guanidine groups is 1. The van der Waals surface area contributed by atoms with E-state index in [0.29, 0.717) is 17.9 Å². The lowest BCUT2D eigenvalue weighted by Gasteiger charge is -2.35. The van der Waals surface area contributed by atoms with Gasteiger partial charge in [-0.2, -0.15) is 0 Å². The number of nitrogens with one attached hydrogen (secondary N) is 2. The summed E-state index contributed by atoms with van der Waals surface area (Å²) in [5.41, 5.74) is 2.27. The average Bonchev–Trinajstić information content (AvgIpc) is 3.17. The van der Waals surface area contributed by atoms with Gasteiger partial charge in [-0.15, -0.1) is 0 Å². The number of anilines is 1. The highest BCUT2D eigenvalue weighted by molar-refractivity contribution is 5.98. The summed E-state index contributed by atoms with van der Waals surface area (Å²) in [6, 6.07) is 8.56. The maximum Gasteiger partial charge on any atom is 0.246 e. The Morgan fingerprint density at radius 3 is 2.66 bits per heavy atom. The third-order valence-corrected chi connectivity index (χ3v) is 5.63. The van der Waals surface area contributed by atoms with Crippen molar-refractivity contribution in [1.29, 1.82) is 0 Å². The van der Waals surface area contributed by atoms with Crippen molar-refractivity contribution in [3.63, 3.8) is 0 Å². The van der Waals surface area contributed by atoms with Crippen LogP contribution >= 0.6 is 0 Å². The number of fused-ring (bicyclic) bond motifs is 1. The predicted molar refractivity (Wildman–Crippen MR) is 117 cm³/mol. The number of aliphatic imine (C=N–C) groups is 1. The Kier molecular flexibility index (Phi) is 7.89. The molecular weight excluding hydrogens is 366 g/mol. The predicted octanol–water partition coefficient (Wildman–Crippen LogP) is 1.49. The normalized spacial score (nSPS) is 18.6. The second-order valence-corrected chi connectivity index (χ2v) is 8.16. The highest BCUT2D eigenvalue weighted by Gasteiger charge is 2.25. The van der Waals surface area contributed by atoms with Gasteiger partial charge in [0.2, 0.25) is 5.91 Å². The molecule has 1 aromatic rings. The van der Waals surface area contributed by atoms with Gasteiger partial charge in [-0.1, -0.05) is 32.0 Å². The zero-order valence-corrected chi connectivity index (χ0v) is 18.0. The van der Waals surface area contributed by atoms with Crippen molar-refractivity contribution in [1.82, 2.24) is 15.5 Å². The van der Waals surface area contributed by atoms with Crippen LogP contribution in [0.15, 0.2) is 29.3 Å². The third kappa shape index (κ3) is 5.93. The zero-order valence-electron chi connectivity index (χ0n) is 18.0. The van der Waals surface area contributed by atoms with Crippen molar-refractivity contribution in [2.24, 2.45) is 10.9 Å². The van der Waals surface area contributed by atoms with E-state index in [1.165, 1.54) is 5.56 Å². The van der Waals surface area contributed by atoms with E-state index in [9.17, 15) is 4.79 Å². The largest absolute Gasteiger partial charge is 0.379 e. The van der Waals surface area contributed by atoms with E-state index in [4.69, 9.17) is 4.74 Å². The summed E-state index contributed by atoms with van der Waals surface area (Å²) in [5.74, 6) is 1.37. The van der Waals surface area contributed by atoms with Crippen LogP contribution in [0.4, 0.5) is 5.69 Å². The minimum Gasteiger partial charge on any atom is -0.379 e. The molecule has 2 heterocycles. The van der Waals surface area contributed by atoms with Crippen LogP contribution in [0.5, 0.6) is 0 Å². The number of morpholine rings is 1. The highest BCUT2D eigenvalue weighted by Crippen LogP contribution is 2.27. The maximum atomic E-state index is 12.7. The van der Waals surface area contributed by atoms with E-state index in [1.807, 2.05) is 23.1 Å². The molecule has 3 rings (SSSR count). The smallest absolute Gasteiger partial charge is 0.246 e. The van der Waals surface area contributed by atoms with Crippen LogP contribution in [-0.4, -0.2) is 75.8 Å². The first-order valence-electron chi connectivity index (χ1n) is 10.7. The number of nitrogens with zero attached hydrogens (tertiary/aromatic N) is 3. The van der Waals surface area contributed by atoms with Crippen LogP contribution in [0.2, 0.25) is 0 Å². The van der Waals surface area contributed by atoms with Gasteiger partial charge in [0.05, 0.1) is 19.8 Å². The molecule has 1 atom stereocenters. The van der Waals surface area contributed by atoms with E-state index in [-0.39, 0.29) is 12.5 Å². The lowest BCUT2D eigenvalue weighted by Crippen LogP contribution is -2.52. The first-order valence-corrected chi connectivity index (χ1v) is 10.7. The Hall–Kier alpha value is -2.12. The molecule has 0 bridgehead atoms. The van der Waals surface area contributed by atoms with Crippen molar-refractivity contribution < 1.29 is 9.53 Å². The first-order chi connectivity index (χ1) is 14.1. The quantitative estimate of drug-likeness (QED) is 0.535. The minimum atomic E-state index is 0.0739. The topological polar surface area (TPSA) is 69.2 Å². The van der Waals surface area contributed by atoms with Crippen molar-refractivity contribution in [2.75, 3.05) is 57.9 Å². The molecule has 7 heteroatoms. The standard InChI is InChI=1S/C22H35N5O2/c1-17(2)14-19(26-10-12-29-13-11-26)15-24-22(23-3)25-16-21(28)27-9-8-18-6-4-5-7-20(18)27/h4-7,17,19H,8-16H2,1-3H3,(H2,23,24,25). The van der Waals surface area contributed by atoms with Gasteiger partial charge in [0.1, 0.15) is 0 Å². The fraction of sp³-hybridized carbons (Fsp3) is 0.636. The number of benzene rings is 1. The number of rotatable bonds is 7. The first kappa shape index (κ1) is 21.6. The molecular formula is C22H35N5O2. The molecule has 0 spiro atoms. The molecule has 7 nitrogen and oxygen atoms in total. The Morgan fingerprint density at radius 2 is 1.93 bits per heavy atom. The zero-order chi connectivity index (χ0) is 20.6. The highest BCUT2D eigenvalue weighted by atomic mass is 16.5. The summed E-state index contributed by atoms with van der Waals surface area (Å²) < 4.78 is 5.50. The molecule has 1 saturated heterocycles. The lowest BCUT2D eigenvalue weighted by atomic mass is 10.0. The minimum absolute atomic E-state index is 0.0739. The van der Waals surface area contributed by atoms with E-state index >= 15 is 0 Å². The van der Waals surface area contributed by atoms with Gasteiger partial charge in [0.15, 0.2) is 5.96 Å². The van der Waals surface area contributed by atoms with Crippen molar-refractivity contribution in [2.45, 2.75) is 32.7 Å². The molecule has 1 fully saturated rings. The molecule has 2 N–H and O–H groups in total. The fourth-order valence-corrected chi connectivity index (χ4v) is 4.14. The molecule has 0 saturated carbocycles. The van der Waals surface area contributed by atoms with Crippen molar-refractivity contribution in [3.8, 4) is 0 Å². The van der Waals surface area contributed by atoms with Crippen LogP contribution in [0, 0.1) is 5.92 Å². The van der Waals surface area contributed by atoms with E-state index in [2.05, 4.69) is 40.4 Å². The number of carbonyl (C=O) groups is 1. The van der Waals surface area contributed by atoms with Crippen LogP contribution in [0.1, 0.15) is 25.8 Å². The molecule has 0 radical (unpaired) electrons. The number of amides is 1. The molecule has 1 unspecified atom stereocenters. The monoisotopic (exact) mass is 401 g/mol. The van der Waals surface area contributed by atoms with Crippen molar-refractivity contribution in [3.05, 3.63) is 29.8 Å². The molecule has 2 aliphatic rings. The molecule has 29 heavy (non-hydrogen) atoms. The summed E-state index contributed by atoms with van der Waals surface area (Å²) >= 11 is 0. The van der Waals surface area contributed by atoms with Crippen molar-refractivity contribution >= 4 is 17.6 Å². The number of para-hydroxylation sites is 1. The summed E-state index contributed by atoms with van der Waals surface area (Å²) in [7, 11) is 1.75. The molecule has 0 aromatic heterocycles. The summed E-state index contributed by atoms with van der Waals surface area (Å²) in [6.07, 6.45) is 2.04. The second kappa shape index (κ2) is 10.6. The lowest BCUT2D eigenvalue weighted by molar-refractivity contribution is -0.117. The molecule has 1 aromatic carbocycles. The molecule has 0 aliphatic carbocycles. The van der Waals surface area contributed by atoms with E-state index in [1.54, 1.807) is 7.05 Å². The van der Waals surface area contributed by atoms with Crippen LogP contribution in [0.3, 0.4) is 0 Å². The van der Waals surface area contributed by atoms with Crippen LogP contribution < -0.4 is 15.5 Å². The number of hydrogen-bond acceptors (Lipinski definition) is 4. The van der Waals surface area contributed by atoms with Crippen LogP contribution in [0.25, 0.3) is 0 Å². The number of hydrogen-bond donors (Lipinski definition) is 2. The van der Waals surface area contributed by atoms with E-state index < -0.39 is 0 Å². The summed E-state index contributed by atoms with van der Waals surface area (Å²) in [6.45, 7) is 9.84. The Labute approximate surface area is 174 Å². The SMILES string of the molecule is CN=C(NCC(=O)N1CCc2ccccc21)NCC(CC(C)C)N1CCOCC1. The maximum absolute atomic E-state index is 12.7. The van der Waals surface area contributed by atoms with Gasteiger partial charge >= 0.3 is 0 Å². The number of carbonyl (C=O) groups excluding carboxylic acids is 1. The van der Waals surface area contributed by atoms with Gasteiger partial charge in [-0.05, 0) is 30.4 Å². The Morgan fingerprint density at radius 1 is 1.17 bits per heavy atom. The van der Waals surface area contributed by atoms with Gasteiger partial charge in [0.25, 0.3) is 0 Å². The molecule has 1 amide bonds. The van der Waals surface area contributed by atoms with Crippen LogP contribution in [-0.2, 0) is 16.0 Å². The molecule has 160 valence electrons.